The lowest BCUT2D eigenvalue weighted by atomic mass is 10.1. The molecule has 1 fully saturated rings. The summed E-state index contributed by atoms with van der Waals surface area (Å²) in [7, 11) is 0. The molecule has 0 bridgehead atoms. The van der Waals surface area contributed by atoms with Crippen LogP contribution >= 0.6 is 11.3 Å². The first-order chi connectivity index (χ1) is 10.8. The van der Waals surface area contributed by atoms with Crippen molar-refractivity contribution in [3.05, 3.63) is 22.7 Å². The van der Waals surface area contributed by atoms with Crippen molar-refractivity contribution >= 4 is 22.4 Å². The van der Waals surface area contributed by atoms with Crippen LogP contribution in [0.1, 0.15) is 41.6 Å². The van der Waals surface area contributed by atoms with Gasteiger partial charge in [0.2, 0.25) is 11.0 Å². The number of hydrogen-bond donors (Lipinski definition) is 2. The quantitative estimate of drug-likeness (QED) is 0.873. The van der Waals surface area contributed by atoms with Gasteiger partial charge in [-0.2, -0.15) is 0 Å². The molecule has 2 N–H and O–H groups in total. The molecule has 0 radical (unpaired) electrons. The Morgan fingerprint density at radius 3 is 3.23 bits per heavy atom. The second-order valence-electron chi connectivity index (χ2n) is 5.87. The van der Waals surface area contributed by atoms with E-state index in [9.17, 15) is 4.79 Å². The van der Waals surface area contributed by atoms with E-state index in [-0.39, 0.29) is 5.91 Å². The number of carbonyl (C=O) groups is 1. The highest BCUT2D eigenvalue weighted by atomic mass is 32.1. The van der Waals surface area contributed by atoms with E-state index in [2.05, 4.69) is 30.4 Å². The number of carbonyl (C=O) groups excluding carboxylic acids is 1. The highest BCUT2D eigenvalue weighted by molar-refractivity contribution is 7.15. The second kappa shape index (κ2) is 5.77. The number of amides is 1. The number of rotatable bonds is 5. The van der Waals surface area contributed by atoms with Crippen LogP contribution in [-0.2, 0) is 17.8 Å². The predicted octanol–water partition coefficient (Wildman–Crippen LogP) is 1.53. The third-order valence-electron chi connectivity index (χ3n) is 4.12. The first-order valence-electron chi connectivity index (χ1n) is 7.64. The molecule has 1 saturated carbocycles. The molecular weight excluding hydrogens is 300 g/mol. The molecule has 0 atom stereocenters. The number of fused-ring (bicyclic) bond motifs is 1. The summed E-state index contributed by atoms with van der Waals surface area (Å²) >= 11 is 1.50. The van der Waals surface area contributed by atoms with Gasteiger partial charge in [0.25, 0.3) is 0 Å². The highest BCUT2D eigenvalue weighted by Crippen LogP contribution is 2.42. The van der Waals surface area contributed by atoms with Crippen LogP contribution in [0.4, 0.5) is 5.13 Å². The normalized spacial score (nSPS) is 18.2. The average molecular weight is 318 g/mol. The summed E-state index contributed by atoms with van der Waals surface area (Å²) in [5.41, 5.74) is 2.33. The zero-order valence-corrected chi connectivity index (χ0v) is 13.0. The zero-order chi connectivity index (χ0) is 14.9. The Balaban J connectivity index is 1.25. The molecule has 3 heterocycles. The van der Waals surface area contributed by atoms with E-state index in [0.29, 0.717) is 17.5 Å². The summed E-state index contributed by atoms with van der Waals surface area (Å²) in [5.74, 6) is 0.592. The van der Waals surface area contributed by atoms with Crippen molar-refractivity contribution in [3.8, 4) is 0 Å². The Bertz CT molecular complexity index is 676. The van der Waals surface area contributed by atoms with E-state index in [0.717, 1.165) is 36.8 Å². The molecule has 116 valence electrons. The number of aromatic amines is 1. The van der Waals surface area contributed by atoms with Crippen molar-refractivity contribution in [1.82, 2.24) is 25.1 Å². The van der Waals surface area contributed by atoms with Gasteiger partial charge in [-0.15, -0.1) is 10.2 Å². The van der Waals surface area contributed by atoms with Crippen LogP contribution in [0.25, 0.3) is 0 Å². The standard InChI is InChI=1S/C14H18N6OS/c21-12(17-14-19-18-13(22-14)9-1-2-9)4-6-20-5-3-10-11(7-20)16-8-15-10/h8-9H,1-7H2,(H,15,16)(H,17,19,21). The molecular formula is C14H18N6OS. The van der Waals surface area contributed by atoms with Gasteiger partial charge in [0.05, 0.1) is 17.7 Å². The summed E-state index contributed by atoms with van der Waals surface area (Å²) in [6.07, 6.45) is 5.57. The maximum atomic E-state index is 12.0. The highest BCUT2D eigenvalue weighted by Gasteiger charge is 2.27. The van der Waals surface area contributed by atoms with Crippen molar-refractivity contribution < 1.29 is 4.79 Å². The Morgan fingerprint density at radius 1 is 1.45 bits per heavy atom. The van der Waals surface area contributed by atoms with Gasteiger partial charge in [0.1, 0.15) is 5.01 Å². The number of anilines is 1. The summed E-state index contributed by atoms with van der Waals surface area (Å²) < 4.78 is 0. The summed E-state index contributed by atoms with van der Waals surface area (Å²) in [4.78, 5) is 21.8. The fourth-order valence-corrected chi connectivity index (χ4v) is 3.61. The topological polar surface area (TPSA) is 86.8 Å². The molecule has 22 heavy (non-hydrogen) atoms. The predicted molar refractivity (Wildman–Crippen MR) is 82.7 cm³/mol. The van der Waals surface area contributed by atoms with E-state index < -0.39 is 0 Å². The smallest absolute Gasteiger partial charge is 0.227 e. The number of aromatic nitrogens is 4. The van der Waals surface area contributed by atoms with Crippen LogP contribution in [0.5, 0.6) is 0 Å². The zero-order valence-electron chi connectivity index (χ0n) is 12.2. The summed E-state index contributed by atoms with van der Waals surface area (Å²) in [6, 6.07) is 0. The van der Waals surface area contributed by atoms with Gasteiger partial charge >= 0.3 is 0 Å². The Hall–Kier alpha value is -1.80. The Kier molecular flexibility index (Phi) is 3.63. The number of H-pyrrole nitrogens is 1. The lowest BCUT2D eigenvalue weighted by molar-refractivity contribution is -0.116. The minimum Gasteiger partial charge on any atom is -0.347 e. The molecule has 1 aliphatic carbocycles. The maximum Gasteiger partial charge on any atom is 0.227 e. The molecule has 1 aliphatic heterocycles. The lowest BCUT2D eigenvalue weighted by Crippen LogP contribution is -2.33. The van der Waals surface area contributed by atoms with E-state index in [1.807, 2.05) is 0 Å². The molecule has 0 aromatic carbocycles. The minimum absolute atomic E-state index is 0.00824. The van der Waals surface area contributed by atoms with Gasteiger partial charge in [-0.1, -0.05) is 11.3 Å². The van der Waals surface area contributed by atoms with Gasteiger partial charge in [0.15, 0.2) is 0 Å². The third kappa shape index (κ3) is 3.02. The van der Waals surface area contributed by atoms with E-state index in [4.69, 9.17) is 0 Å². The fraction of sp³-hybridized carbons (Fsp3) is 0.571. The molecule has 8 heteroatoms. The number of nitrogens with zero attached hydrogens (tertiary/aromatic N) is 4. The maximum absolute atomic E-state index is 12.0. The first-order valence-corrected chi connectivity index (χ1v) is 8.46. The molecule has 0 spiro atoms. The monoisotopic (exact) mass is 318 g/mol. The SMILES string of the molecule is O=C(CCN1CCc2nc[nH]c2C1)Nc1nnc(C2CC2)s1. The van der Waals surface area contributed by atoms with Crippen molar-refractivity contribution in [3.63, 3.8) is 0 Å². The first kappa shape index (κ1) is 13.8. The van der Waals surface area contributed by atoms with Gasteiger partial charge in [-0.3, -0.25) is 9.69 Å². The van der Waals surface area contributed by atoms with Crippen LogP contribution in [0.15, 0.2) is 6.33 Å². The Morgan fingerprint density at radius 2 is 2.36 bits per heavy atom. The van der Waals surface area contributed by atoms with Crippen molar-refractivity contribution in [2.45, 2.75) is 38.1 Å². The van der Waals surface area contributed by atoms with Crippen molar-refractivity contribution in [1.29, 1.82) is 0 Å². The molecule has 0 unspecified atom stereocenters. The van der Waals surface area contributed by atoms with Crippen LogP contribution in [0.3, 0.4) is 0 Å². The Labute approximate surface area is 132 Å². The summed E-state index contributed by atoms with van der Waals surface area (Å²) in [5, 5.41) is 12.7. The number of hydrogen-bond acceptors (Lipinski definition) is 6. The fourth-order valence-electron chi connectivity index (χ4n) is 2.68. The van der Waals surface area contributed by atoms with Crippen LogP contribution in [0, 0.1) is 0 Å². The van der Waals surface area contributed by atoms with Crippen LogP contribution in [-0.4, -0.2) is 44.1 Å². The summed E-state index contributed by atoms with van der Waals surface area (Å²) in [6.45, 7) is 2.54. The molecule has 2 aliphatic rings. The number of nitrogens with one attached hydrogen (secondary N) is 2. The third-order valence-corrected chi connectivity index (χ3v) is 5.12. The van der Waals surface area contributed by atoms with Crippen molar-refractivity contribution in [2.24, 2.45) is 0 Å². The van der Waals surface area contributed by atoms with Gasteiger partial charge in [0, 0.05) is 38.4 Å². The van der Waals surface area contributed by atoms with Crippen LogP contribution in [0.2, 0.25) is 0 Å². The molecule has 7 nitrogen and oxygen atoms in total. The largest absolute Gasteiger partial charge is 0.347 e. The minimum atomic E-state index is 0.00824. The molecule has 4 rings (SSSR count). The van der Waals surface area contributed by atoms with Gasteiger partial charge < -0.3 is 10.3 Å². The molecule has 2 aromatic rings. The van der Waals surface area contributed by atoms with Gasteiger partial charge in [-0.05, 0) is 12.8 Å². The van der Waals surface area contributed by atoms with E-state index >= 15 is 0 Å². The molecule has 1 amide bonds. The molecule has 0 saturated heterocycles. The van der Waals surface area contributed by atoms with E-state index in [1.54, 1.807) is 6.33 Å². The average Bonchev–Trinajstić information content (AvgIpc) is 3.08. The second-order valence-corrected chi connectivity index (χ2v) is 6.88. The molecule has 2 aromatic heterocycles. The van der Waals surface area contributed by atoms with Gasteiger partial charge in [-0.25, -0.2) is 4.98 Å². The lowest BCUT2D eigenvalue weighted by Gasteiger charge is -2.25. The van der Waals surface area contributed by atoms with Crippen molar-refractivity contribution in [2.75, 3.05) is 18.4 Å². The van der Waals surface area contributed by atoms with Crippen LogP contribution < -0.4 is 5.32 Å². The van der Waals surface area contributed by atoms with E-state index in [1.165, 1.54) is 29.9 Å². The number of imidazole rings is 1.